The zero-order valence-corrected chi connectivity index (χ0v) is 20.7. The van der Waals surface area contributed by atoms with Crippen molar-refractivity contribution in [2.45, 2.75) is 0 Å². The number of hydrogen-bond acceptors (Lipinski definition) is 2. The van der Waals surface area contributed by atoms with E-state index in [2.05, 4.69) is 73.0 Å². The summed E-state index contributed by atoms with van der Waals surface area (Å²) >= 11 is 0. The van der Waals surface area contributed by atoms with Crippen LogP contribution in [0.5, 0.6) is 0 Å². The summed E-state index contributed by atoms with van der Waals surface area (Å²) in [6, 6.07) is 16.6. The topological polar surface area (TPSA) is 25.8 Å². The molecule has 144 valence electrons. The van der Waals surface area contributed by atoms with Gasteiger partial charge in [0, 0.05) is 76.3 Å². The second-order valence-corrected chi connectivity index (χ2v) is 13.1. The minimum Gasteiger partial charge on any atom is -0.256 e. The average Bonchev–Trinajstić information content (AvgIpc) is 2.66. The van der Waals surface area contributed by atoms with E-state index in [-0.39, 0.29) is 36.9 Å². The van der Waals surface area contributed by atoms with Gasteiger partial charge < -0.3 is 0 Å². The second kappa shape index (κ2) is 10.6. The number of hydrogen-bond donors (Lipinski definition) is 0. The van der Waals surface area contributed by atoms with Crippen molar-refractivity contribution in [3.05, 3.63) is 60.9 Å². The summed E-state index contributed by atoms with van der Waals surface area (Å²) < 4.78 is 0. The van der Waals surface area contributed by atoms with Gasteiger partial charge in [0.2, 0.25) is 0 Å². The van der Waals surface area contributed by atoms with Gasteiger partial charge in [-0.25, -0.2) is 0 Å². The van der Waals surface area contributed by atoms with Gasteiger partial charge in [0.05, 0.1) is 23.4 Å². The molecule has 0 aliphatic rings. The van der Waals surface area contributed by atoms with Gasteiger partial charge in [-0.2, -0.15) is 0 Å². The summed E-state index contributed by atoms with van der Waals surface area (Å²) in [7, 11) is 0.191. The van der Waals surface area contributed by atoms with E-state index in [1.807, 2.05) is 24.5 Å². The molecule has 2 nitrogen and oxygen atoms in total. The van der Waals surface area contributed by atoms with Crippen LogP contribution in [0, 0.1) is 0 Å². The molecule has 0 bridgehead atoms. The first kappa shape index (κ1) is 22.4. The van der Waals surface area contributed by atoms with Gasteiger partial charge in [-0.1, -0.05) is 36.4 Å². The van der Waals surface area contributed by atoms with Crippen LogP contribution in [0.3, 0.4) is 0 Å². The van der Waals surface area contributed by atoms with Crippen LogP contribution in [0.25, 0.3) is 32.6 Å². The minimum absolute atomic E-state index is 0. The normalized spacial score (nSPS) is 10.9. The molecule has 0 N–H and O–H groups in total. The molecule has 4 aromatic rings. The standard InChI is InChI=1S/C16H10N2.C6H16P2.Pt/c1-3-12-7-5-11-6-8-13-4-2-10-18-16(13)14(11)15(12)17-9-1;1-7(2)5-6-8(3)4;/h1-10H;5-6H2,1-4H3;/p+2. The molecular weight excluding hydrogens is 549 g/mol. The van der Waals surface area contributed by atoms with Crippen LogP contribution in [-0.4, -0.2) is 49.0 Å². The van der Waals surface area contributed by atoms with Crippen molar-refractivity contribution < 1.29 is 21.1 Å². The fraction of sp³-hybridized carbons (Fsp3) is 0.273. The van der Waals surface area contributed by atoms with E-state index in [1.54, 1.807) is 0 Å². The zero-order valence-electron chi connectivity index (χ0n) is 16.4. The number of rotatable bonds is 3. The average molecular weight is 578 g/mol. The molecule has 4 rings (SSSR count). The Morgan fingerprint density at radius 1 is 0.630 bits per heavy atom. The molecule has 0 saturated carbocycles. The molecular formula is C22H28N2P2Pt+2. The molecule has 0 atom stereocenters. The van der Waals surface area contributed by atoms with E-state index >= 15 is 0 Å². The smallest absolute Gasteiger partial charge is 0.0899 e. The van der Waals surface area contributed by atoms with Crippen LogP contribution in [0.1, 0.15) is 0 Å². The van der Waals surface area contributed by atoms with Gasteiger partial charge in [0.25, 0.3) is 0 Å². The van der Waals surface area contributed by atoms with Crippen molar-refractivity contribution in [2.75, 3.05) is 39.0 Å². The molecule has 0 aliphatic carbocycles. The van der Waals surface area contributed by atoms with E-state index in [1.165, 1.54) is 17.7 Å². The van der Waals surface area contributed by atoms with Gasteiger partial charge in [-0.3, -0.25) is 9.97 Å². The Hall–Kier alpha value is -0.932. The number of aromatic nitrogens is 2. The maximum Gasteiger partial charge on any atom is 0.0899 e. The molecule has 0 spiro atoms. The summed E-state index contributed by atoms with van der Waals surface area (Å²) in [4.78, 5) is 9.04. The Balaban J connectivity index is 0.000000252. The molecule has 2 heterocycles. The third-order valence-electron chi connectivity index (χ3n) is 4.45. The summed E-state index contributed by atoms with van der Waals surface area (Å²) in [5.41, 5.74) is 2.05. The minimum atomic E-state index is 0. The molecule has 5 heteroatoms. The van der Waals surface area contributed by atoms with Crippen LogP contribution in [0.15, 0.2) is 60.9 Å². The summed E-state index contributed by atoms with van der Waals surface area (Å²) in [6.45, 7) is 9.59. The van der Waals surface area contributed by atoms with E-state index in [4.69, 9.17) is 0 Å². The summed E-state index contributed by atoms with van der Waals surface area (Å²) in [5, 5.41) is 4.64. The fourth-order valence-electron chi connectivity index (χ4n) is 2.99. The molecule has 0 aliphatic heterocycles. The maximum atomic E-state index is 4.52. The quantitative estimate of drug-likeness (QED) is 0.225. The monoisotopic (exact) mass is 577 g/mol. The van der Waals surface area contributed by atoms with Crippen molar-refractivity contribution in [2.24, 2.45) is 0 Å². The molecule has 2 aromatic carbocycles. The molecule has 0 radical (unpaired) electrons. The van der Waals surface area contributed by atoms with E-state index in [9.17, 15) is 0 Å². The Kier molecular flexibility index (Phi) is 8.75. The van der Waals surface area contributed by atoms with Gasteiger partial charge in [-0.05, 0) is 33.4 Å². The number of benzene rings is 2. The zero-order chi connectivity index (χ0) is 18.5. The third-order valence-corrected chi connectivity index (χ3v) is 7.45. The van der Waals surface area contributed by atoms with Crippen molar-refractivity contribution in [1.82, 2.24) is 9.97 Å². The van der Waals surface area contributed by atoms with Crippen LogP contribution >= 0.6 is 15.8 Å². The van der Waals surface area contributed by atoms with E-state index < -0.39 is 0 Å². The Morgan fingerprint density at radius 2 is 1.04 bits per heavy atom. The molecule has 0 amide bonds. The Bertz CT molecular complexity index is 940. The van der Waals surface area contributed by atoms with Gasteiger partial charge in [-0.15, -0.1) is 0 Å². The predicted octanol–water partition coefficient (Wildman–Crippen LogP) is 5.87. The van der Waals surface area contributed by atoms with Crippen molar-refractivity contribution in [3.63, 3.8) is 0 Å². The fourth-order valence-corrected chi connectivity index (χ4v) is 6.99. The van der Waals surface area contributed by atoms with Crippen molar-refractivity contribution >= 4 is 48.4 Å². The predicted molar refractivity (Wildman–Crippen MR) is 125 cm³/mol. The first-order chi connectivity index (χ1) is 12.6. The van der Waals surface area contributed by atoms with Gasteiger partial charge in [0.15, 0.2) is 0 Å². The number of fused-ring (bicyclic) bond motifs is 5. The molecule has 0 saturated heterocycles. The maximum absolute atomic E-state index is 4.52. The second-order valence-electron chi connectivity index (χ2n) is 7.29. The van der Waals surface area contributed by atoms with Crippen LogP contribution in [0.2, 0.25) is 0 Å². The Morgan fingerprint density at radius 3 is 1.44 bits per heavy atom. The largest absolute Gasteiger partial charge is 0.256 e. The number of pyridine rings is 2. The number of nitrogens with zero attached hydrogens (tertiary/aromatic N) is 2. The van der Waals surface area contributed by atoms with Gasteiger partial charge in [0.1, 0.15) is 0 Å². The van der Waals surface area contributed by atoms with Crippen LogP contribution < -0.4 is 0 Å². The molecule has 2 aromatic heterocycles. The summed E-state index contributed by atoms with van der Waals surface area (Å²) in [6.07, 6.45) is 6.74. The first-order valence-corrected chi connectivity index (χ1v) is 14.6. The van der Waals surface area contributed by atoms with E-state index in [0.717, 1.165) is 27.2 Å². The van der Waals surface area contributed by atoms with Gasteiger partial charge >= 0.3 is 0 Å². The van der Waals surface area contributed by atoms with Crippen LogP contribution in [-0.2, 0) is 21.1 Å². The summed E-state index contributed by atoms with van der Waals surface area (Å²) in [5.74, 6) is 0. The molecule has 0 unspecified atom stereocenters. The third kappa shape index (κ3) is 5.77. The van der Waals surface area contributed by atoms with E-state index in [0.29, 0.717) is 0 Å². The molecule has 27 heavy (non-hydrogen) atoms. The molecule has 0 fully saturated rings. The first-order valence-electron chi connectivity index (χ1n) is 9.15. The Labute approximate surface area is 178 Å². The van der Waals surface area contributed by atoms with Crippen LogP contribution in [0.4, 0.5) is 0 Å². The SMILES string of the molecule is C[PH+](C)CC[PH+](C)C.[Pt].c1cnc2c(c1)ccc1ccc3cccnc3c12. The van der Waals surface area contributed by atoms with Crippen molar-refractivity contribution in [1.29, 1.82) is 0 Å². The van der Waals surface area contributed by atoms with Crippen molar-refractivity contribution in [3.8, 4) is 0 Å².